The van der Waals surface area contributed by atoms with Crippen molar-refractivity contribution >= 4 is 23.5 Å². The summed E-state index contributed by atoms with van der Waals surface area (Å²) in [4.78, 5) is 27.1. The minimum atomic E-state index is -0.645. The van der Waals surface area contributed by atoms with Crippen LogP contribution in [0, 0.1) is 10.1 Å². The van der Waals surface area contributed by atoms with Gasteiger partial charge < -0.3 is 14.8 Å². The number of hydrogen-bond acceptors (Lipinski definition) is 8. The lowest BCUT2D eigenvalue weighted by Gasteiger charge is -2.28. The number of benzene rings is 1. The highest BCUT2D eigenvalue weighted by Crippen LogP contribution is 2.36. The molecule has 1 atom stereocenters. The maximum Gasteiger partial charge on any atom is 0.341 e. The number of fused-ring (bicyclic) bond motifs is 1. The van der Waals surface area contributed by atoms with Crippen LogP contribution in [-0.4, -0.2) is 38.9 Å². The summed E-state index contributed by atoms with van der Waals surface area (Å²) in [5.41, 5.74) is 0.810. The number of anilines is 1. The summed E-state index contributed by atoms with van der Waals surface area (Å²) in [6.45, 7) is 4.00. The second-order valence-corrected chi connectivity index (χ2v) is 5.29. The molecule has 136 valence electrons. The smallest absolute Gasteiger partial charge is 0.341 e. The van der Waals surface area contributed by atoms with E-state index in [0.717, 1.165) is 0 Å². The van der Waals surface area contributed by atoms with E-state index in [2.05, 4.69) is 15.4 Å². The van der Waals surface area contributed by atoms with E-state index in [-0.39, 0.29) is 23.8 Å². The number of rotatable bonds is 6. The van der Waals surface area contributed by atoms with Gasteiger partial charge in [-0.15, -0.1) is 0 Å². The van der Waals surface area contributed by atoms with Crippen molar-refractivity contribution in [3.8, 4) is 0 Å². The first-order valence-corrected chi connectivity index (χ1v) is 8.02. The molecular weight excluding hydrogens is 342 g/mol. The van der Waals surface area contributed by atoms with Gasteiger partial charge in [-0.3, -0.25) is 10.1 Å². The van der Waals surface area contributed by atoms with Crippen LogP contribution in [-0.2, 0) is 14.3 Å². The molecule has 1 aliphatic rings. The number of aromatic nitrogens is 3. The lowest BCUT2D eigenvalue weighted by atomic mass is 9.97. The minimum Gasteiger partial charge on any atom is -0.477 e. The van der Waals surface area contributed by atoms with Crippen LogP contribution in [0.5, 0.6) is 0 Å². The first-order valence-electron chi connectivity index (χ1n) is 8.02. The van der Waals surface area contributed by atoms with Crippen molar-refractivity contribution in [2.24, 2.45) is 0 Å². The highest BCUT2D eigenvalue weighted by molar-refractivity contribution is 5.97. The number of nitrogens with one attached hydrogen (secondary N) is 1. The van der Waals surface area contributed by atoms with Crippen LogP contribution in [0.3, 0.4) is 0 Å². The van der Waals surface area contributed by atoms with Crippen molar-refractivity contribution in [1.82, 2.24) is 14.8 Å². The van der Waals surface area contributed by atoms with Crippen molar-refractivity contribution in [1.29, 1.82) is 0 Å². The van der Waals surface area contributed by atoms with E-state index in [4.69, 9.17) is 9.47 Å². The molecule has 0 spiro atoms. The number of nitrogens with zero attached hydrogens (tertiary/aromatic N) is 4. The van der Waals surface area contributed by atoms with Crippen molar-refractivity contribution in [2.45, 2.75) is 19.9 Å². The Morgan fingerprint density at radius 1 is 1.31 bits per heavy atom. The van der Waals surface area contributed by atoms with Crippen LogP contribution >= 0.6 is 0 Å². The Bertz CT molecular complexity index is 858. The van der Waals surface area contributed by atoms with Crippen molar-refractivity contribution in [2.75, 3.05) is 18.5 Å². The minimum absolute atomic E-state index is 0.0422. The Morgan fingerprint density at radius 2 is 2.04 bits per heavy atom. The van der Waals surface area contributed by atoms with Crippen LogP contribution in [0.15, 0.2) is 36.2 Å². The van der Waals surface area contributed by atoms with Gasteiger partial charge in [-0.1, -0.05) is 0 Å². The van der Waals surface area contributed by atoms with E-state index in [9.17, 15) is 14.9 Å². The highest BCUT2D eigenvalue weighted by Gasteiger charge is 2.36. The maximum atomic E-state index is 12.6. The van der Waals surface area contributed by atoms with E-state index in [0.29, 0.717) is 18.1 Å². The second-order valence-electron chi connectivity index (χ2n) is 5.29. The Morgan fingerprint density at radius 3 is 2.65 bits per heavy atom. The quantitative estimate of drug-likeness (QED) is 0.473. The molecule has 1 aromatic heterocycles. The predicted molar refractivity (Wildman–Crippen MR) is 91.0 cm³/mol. The summed E-state index contributed by atoms with van der Waals surface area (Å²) >= 11 is 0. The normalized spacial score (nSPS) is 15.8. The molecule has 1 unspecified atom stereocenters. The van der Waals surface area contributed by atoms with Gasteiger partial charge in [-0.2, -0.15) is 14.8 Å². The lowest BCUT2D eigenvalue weighted by molar-refractivity contribution is -0.384. The average molecular weight is 359 g/mol. The van der Waals surface area contributed by atoms with E-state index in [1.165, 1.54) is 23.1 Å². The molecule has 3 rings (SSSR count). The van der Waals surface area contributed by atoms with Gasteiger partial charge in [-0.05, 0) is 31.5 Å². The molecule has 10 nitrogen and oxygen atoms in total. The predicted octanol–water partition coefficient (Wildman–Crippen LogP) is 2.12. The van der Waals surface area contributed by atoms with Gasteiger partial charge in [0.1, 0.15) is 11.9 Å². The molecule has 1 aliphatic heterocycles. The third-order valence-corrected chi connectivity index (χ3v) is 3.75. The molecule has 0 aliphatic carbocycles. The highest BCUT2D eigenvalue weighted by atomic mass is 16.6. The number of esters is 1. The molecule has 2 heterocycles. The topological polar surface area (TPSA) is 121 Å². The van der Waals surface area contributed by atoms with Gasteiger partial charge in [0.25, 0.3) is 5.69 Å². The molecule has 10 heteroatoms. The zero-order valence-corrected chi connectivity index (χ0v) is 14.2. The first-order chi connectivity index (χ1) is 12.6. The summed E-state index contributed by atoms with van der Waals surface area (Å²) in [6.07, 6.45) is 1.34. The molecule has 0 saturated heterocycles. The lowest BCUT2D eigenvalue weighted by Crippen LogP contribution is -2.30. The van der Waals surface area contributed by atoms with E-state index in [1.807, 2.05) is 0 Å². The number of non-ortho nitro benzene ring substituents is 1. The standard InChI is InChI=1S/C16H17N5O5/c1-3-25-14-12(15(22)26-4-2)13(19-16-17-9-18-20(14)16)10-5-7-11(8-6-10)21(23)24/h5-9,13H,3-4H2,1-2H3,(H,17,18,19). The van der Waals surface area contributed by atoms with E-state index >= 15 is 0 Å². The Hall–Kier alpha value is -3.43. The number of hydrogen-bond donors (Lipinski definition) is 1. The van der Waals surface area contributed by atoms with Crippen molar-refractivity contribution in [3.05, 3.63) is 51.8 Å². The fourth-order valence-corrected chi connectivity index (χ4v) is 2.66. The fourth-order valence-electron chi connectivity index (χ4n) is 2.66. The van der Waals surface area contributed by atoms with Crippen molar-refractivity contribution < 1.29 is 19.2 Å². The summed E-state index contributed by atoms with van der Waals surface area (Å²) in [6, 6.07) is 5.25. The van der Waals surface area contributed by atoms with Gasteiger partial charge in [-0.25, -0.2) is 4.79 Å². The molecule has 0 radical (unpaired) electrons. The summed E-state index contributed by atoms with van der Waals surface area (Å²) in [7, 11) is 0. The maximum absolute atomic E-state index is 12.6. The molecule has 26 heavy (non-hydrogen) atoms. The van der Waals surface area contributed by atoms with Gasteiger partial charge in [0, 0.05) is 12.1 Å². The molecule has 1 aromatic carbocycles. The molecule has 1 N–H and O–H groups in total. The Labute approximate surface area is 148 Å². The zero-order chi connectivity index (χ0) is 18.7. The van der Waals surface area contributed by atoms with Crippen LogP contribution in [0.4, 0.5) is 11.6 Å². The molecule has 0 fully saturated rings. The van der Waals surface area contributed by atoms with Gasteiger partial charge in [0.05, 0.1) is 24.2 Å². The third-order valence-electron chi connectivity index (χ3n) is 3.75. The monoisotopic (exact) mass is 359 g/mol. The fraction of sp³-hybridized carbons (Fsp3) is 0.312. The number of carbonyl (C=O) groups excluding carboxylic acids is 1. The second kappa shape index (κ2) is 7.21. The number of nitro benzene ring substituents is 1. The number of carbonyl (C=O) groups is 1. The van der Waals surface area contributed by atoms with E-state index in [1.54, 1.807) is 26.0 Å². The average Bonchev–Trinajstić information content (AvgIpc) is 3.10. The van der Waals surface area contributed by atoms with Gasteiger partial charge in [0.2, 0.25) is 11.8 Å². The number of ether oxygens (including phenoxy) is 2. The zero-order valence-electron chi connectivity index (χ0n) is 14.2. The van der Waals surface area contributed by atoms with Gasteiger partial charge in [0.15, 0.2) is 0 Å². The van der Waals surface area contributed by atoms with Crippen LogP contribution < -0.4 is 5.32 Å². The molecular formula is C16H17N5O5. The summed E-state index contributed by atoms with van der Waals surface area (Å²) < 4.78 is 12.2. The Kier molecular flexibility index (Phi) is 4.83. The third kappa shape index (κ3) is 3.08. The van der Waals surface area contributed by atoms with Crippen molar-refractivity contribution in [3.63, 3.8) is 0 Å². The van der Waals surface area contributed by atoms with Crippen LogP contribution in [0.2, 0.25) is 0 Å². The molecule has 2 aromatic rings. The molecule has 0 bridgehead atoms. The summed E-state index contributed by atoms with van der Waals surface area (Å²) in [5.74, 6) is 0.0540. The van der Waals surface area contributed by atoms with Crippen LogP contribution in [0.25, 0.3) is 5.88 Å². The Balaban J connectivity index is 2.11. The summed E-state index contributed by atoms with van der Waals surface area (Å²) in [5, 5.41) is 18.1. The largest absolute Gasteiger partial charge is 0.477 e. The van der Waals surface area contributed by atoms with Gasteiger partial charge >= 0.3 is 5.97 Å². The first kappa shape index (κ1) is 17.4. The molecule has 0 saturated carbocycles. The van der Waals surface area contributed by atoms with E-state index < -0.39 is 16.9 Å². The number of nitro groups is 1. The molecule has 0 amide bonds. The SMILES string of the molecule is CCOC(=O)C1=C(OCC)n2ncnc2NC1c1ccc([N+](=O)[O-])cc1. The van der Waals surface area contributed by atoms with Crippen LogP contribution in [0.1, 0.15) is 25.5 Å².